The van der Waals surface area contributed by atoms with Gasteiger partial charge >= 0.3 is 0 Å². The fraction of sp³-hybridized carbons (Fsp3) is 0.500. The van der Waals surface area contributed by atoms with E-state index in [4.69, 9.17) is 0 Å². The molecule has 1 atom stereocenters. The number of benzene rings is 1. The van der Waals surface area contributed by atoms with Gasteiger partial charge < -0.3 is 10.2 Å². The summed E-state index contributed by atoms with van der Waals surface area (Å²) in [7, 11) is 2.11. The van der Waals surface area contributed by atoms with Gasteiger partial charge in [-0.15, -0.1) is 0 Å². The monoisotopic (exact) mass is 310 g/mol. The minimum atomic E-state index is 0.0978. The molecule has 1 heterocycles. The van der Waals surface area contributed by atoms with E-state index in [0.717, 1.165) is 23.1 Å². The molecule has 3 nitrogen and oxygen atoms in total. The maximum absolute atomic E-state index is 12.0. The van der Waals surface area contributed by atoms with Crippen molar-refractivity contribution in [2.24, 2.45) is 0 Å². The van der Waals surface area contributed by atoms with Crippen molar-refractivity contribution in [2.45, 2.75) is 31.7 Å². The average molecular weight is 311 g/mol. The highest BCUT2D eigenvalue weighted by Crippen LogP contribution is 2.23. The van der Waals surface area contributed by atoms with Crippen molar-refractivity contribution in [3.8, 4) is 0 Å². The molecule has 1 aliphatic rings. The summed E-state index contributed by atoms with van der Waals surface area (Å²) >= 11 is 3.44. The van der Waals surface area contributed by atoms with Crippen LogP contribution in [0.4, 0.5) is 5.69 Å². The van der Waals surface area contributed by atoms with E-state index in [1.165, 1.54) is 12.8 Å². The number of hydrogen-bond acceptors (Lipinski definition) is 2. The van der Waals surface area contributed by atoms with E-state index in [2.05, 4.69) is 33.2 Å². The van der Waals surface area contributed by atoms with Crippen LogP contribution in [0.5, 0.6) is 0 Å². The van der Waals surface area contributed by atoms with Crippen LogP contribution in [0.2, 0.25) is 0 Å². The molecular formula is C14H19BrN2O. The van der Waals surface area contributed by atoms with Gasteiger partial charge in [0.2, 0.25) is 5.91 Å². The van der Waals surface area contributed by atoms with Gasteiger partial charge in [-0.05, 0) is 54.5 Å². The number of likely N-dealkylation sites (tertiary alicyclic amines) is 1. The number of para-hydroxylation sites is 1. The predicted octanol–water partition coefficient (Wildman–Crippen LogP) is 3.26. The minimum absolute atomic E-state index is 0.0978. The van der Waals surface area contributed by atoms with Gasteiger partial charge in [0, 0.05) is 16.9 Å². The number of hydrogen-bond donors (Lipinski definition) is 1. The summed E-state index contributed by atoms with van der Waals surface area (Å²) in [5.41, 5.74) is 0.848. The zero-order valence-electron chi connectivity index (χ0n) is 10.7. The van der Waals surface area contributed by atoms with Gasteiger partial charge in [0.25, 0.3) is 0 Å². The second-order valence-corrected chi connectivity index (χ2v) is 5.72. The van der Waals surface area contributed by atoms with Gasteiger partial charge in [-0.1, -0.05) is 18.6 Å². The Morgan fingerprint density at radius 3 is 2.94 bits per heavy atom. The van der Waals surface area contributed by atoms with E-state index in [9.17, 15) is 4.79 Å². The molecule has 1 N–H and O–H groups in total. The smallest absolute Gasteiger partial charge is 0.225 e. The first-order valence-electron chi connectivity index (χ1n) is 6.41. The van der Waals surface area contributed by atoms with E-state index >= 15 is 0 Å². The van der Waals surface area contributed by atoms with Crippen LogP contribution in [0.25, 0.3) is 0 Å². The molecule has 98 valence electrons. The lowest BCUT2D eigenvalue weighted by atomic mass is 10.00. The molecule has 18 heavy (non-hydrogen) atoms. The molecule has 1 unspecified atom stereocenters. The predicted molar refractivity (Wildman–Crippen MR) is 77.7 cm³/mol. The number of nitrogens with zero attached hydrogens (tertiary/aromatic N) is 1. The highest BCUT2D eigenvalue weighted by atomic mass is 79.9. The molecule has 2 rings (SSSR count). The Balaban J connectivity index is 1.90. The van der Waals surface area contributed by atoms with Gasteiger partial charge in [0.05, 0.1) is 5.69 Å². The standard InChI is InChI=1S/C14H19BrN2O/c1-17-9-5-4-6-11(17)10-14(18)16-13-8-3-2-7-12(13)15/h2-3,7-8,11H,4-6,9-10H2,1H3,(H,16,18). The summed E-state index contributed by atoms with van der Waals surface area (Å²) in [5, 5.41) is 2.97. The van der Waals surface area contributed by atoms with Gasteiger partial charge in [-0.25, -0.2) is 0 Å². The Bertz CT molecular complexity index is 422. The van der Waals surface area contributed by atoms with Crippen LogP contribution in [0.1, 0.15) is 25.7 Å². The summed E-state index contributed by atoms with van der Waals surface area (Å²) < 4.78 is 0.926. The van der Waals surface area contributed by atoms with Crippen molar-refractivity contribution in [3.63, 3.8) is 0 Å². The molecule has 1 saturated heterocycles. The fourth-order valence-electron chi connectivity index (χ4n) is 2.38. The zero-order chi connectivity index (χ0) is 13.0. The number of piperidine rings is 1. The summed E-state index contributed by atoms with van der Waals surface area (Å²) in [5.74, 6) is 0.0978. The quantitative estimate of drug-likeness (QED) is 0.929. The van der Waals surface area contributed by atoms with Gasteiger partial charge in [-0.2, -0.15) is 0 Å². The van der Waals surface area contributed by atoms with E-state index in [1.807, 2.05) is 24.3 Å². The summed E-state index contributed by atoms with van der Waals surface area (Å²) in [6.45, 7) is 1.10. The van der Waals surface area contributed by atoms with Crippen LogP contribution >= 0.6 is 15.9 Å². The van der Waals surface area contributed by atoms with E-state index in [1.54, 1.807) is 0 Å². The number of amides is 1. The molecule has 0 aromatic heterocycles. The highest BCUT2D eigenvalue weighted by Gasteiger charge is 2.21. The number of rotatable bonds is 3. The van der Waals surface area contributed by atoms with Crippen LogP contribution in [0, 0.1) is 0 Å². The first kappa shape index (κ1) is 13.6. The molecule has 0 spiro atoms. The second kappa shape index (κ2) is 6.34. The Kier molecular flexibility index (Phi) is 4.78. The third-order valence-corrected chi connectivity index (χ3v) is 4.18. The Morgan fingerprint density at radius 1 is 1.44 bits per heavy atom. The molecule has 1 amide bonds. The maximum Gasteiger partial charge on any atom is 0.225 e. The van der Waals surface area contributed by atoms with E-state index in [-0.39, 0.29) is 5.91 Å². The van der Waals surface area contributed by atoms with Gasteiger partial charge in [-0.3, -0.25) is 4.79 Å². The van der Waals surface area contributed by atoms with Crippen molar-refractivity contribution in [1.82, 2.24) is 4.90 Å². The molecule has 4 heteroatoms. The number of anilines is 1. The normalized spacial score (nSPS) is 20.7. The Hall–Kier alpha value is -0.870. The largest absolute Gasteiger partial charge is 0.325 e. The lowest BCUT2D eigenvalue weighted by molar-refractivity contribution is -0.117. The van der Waals surface area contributed by atoms with E-state index < -0.39 is 0 Å². The topological polar surface area (TPSA) is 32.3 Å². The van der Waals surface area contributed by atoms with E-state index in [0.29, 0.717) is 12.5 Å². The van der Waals surface area contributed by atoms with Gasteiger partial charge in [0.1, 0.15) is 0 Å². The van der Waals surface area contributed by atoms with Crippen LogP contribution in [0.15, 0.2) is 28.7 Å². The molecule has 0 radical (unpaired) electrons. The minimum Gasteiger partial charge on any atom is -0.325 e. The third-order valence-electron chi connectivity index (χ3n) is 3.49. The SMILES string of the molecule is CN1CCCCC1CC(=O)Nc1ccccc1Br. The van der Waals surface area contributed by atoms with Gasteiger partial charge in [0.15, 0.2) is 0 Å². The van der Waals surface area contributed by atoms with Crippen molar-refractivity contribution in [3.05, 3.63) is 28.7 Å². The summed E-state index contributed by atoms with van der Waals surface area (Å²) in [6, 6.07) is 8.10. The number of nitrogens with one attached hydrogen (secondary N) is 1. The molecule has 1 fully saturated rings. The molecule has 1 aliphatic heterocycles. The van der Waals surface area contributed by atoms with Crippen LogP contribution in [-0.2, 0) is 4.79 Å². The van der Waals surface area contributed by atoms with Crippen LogP contribution in [-0.4, -0.2) is 30.4 Å². The number of carbonyl (C=O) groups excluding carboxylic acids is 1. The summed E-state index contributed by atoms with van der Waals surface area (Å²) in [6.07, 6.45) is 4.19. The highest BCUT2D eigenvalue weighted by molar-refractivity contribution is 9.10. The molecule has 1 aromatic carbocycles. The zero-order valence-corrected chi connectivity index (χ0v) is 12.2. The van der Waals surface area contributed by atoms with Crippen LogP contribution < -0.4 is 5.32 Å². The lowest BCUT2D eigenvalue weighted by Gasteiger charge is -2.31. The van der Waals surface area contributed by atoms with Crippen molar-refractivity contribution in [1.29, 1.82) is 0 Å². The molecule has 1 aromatic rings. The average Bonchev–Trinajstić information content (AvgIpc) is 2.35. The molecule has 0 aliphatic carbocycles. The second-order valence-electron chi connectivity index (χ2n) is 4.86. The van der Waals surface area contributed by atoms with Crippen LogP contribution in [0.3, 0.4) is 0 Å². The number of halogens is 1. The first-order chi connectivity index (χ1) is 8.66. The number of carbonyl (C=O) groups is 1. The van der Waals surface area contributed by atoms with Crippen molar-refractivity contribution < 1.29 is 4.79 Å². The van der Waals surface area contributed by atoms with Crippen molar-refractivity contribution >= 4 is 27.5 Å². The molecule has 0 bridgehead atoms. The molecular weight excluding hydrogens is 292 g/mol. The molecule has 0 saturated carbocycles. The first-order valence-corrected chi connectivity index (χ1v) is 7.21. The summed E-state index contributed by atoms with van der Waals surface area (Å²) in [4.78, 5) is 14.3. The third kappa shape index (κ3) is 3.56. The Morgan fingerprint density at radius 2 is 2.22 bits per heavy atom. The fourth-order valence-corrected chi connectivity index (χ4v) is 2.76. The van der Waals surface area contributed by atoms with Crippen molar-refractivity contribution in [2.75, 3.05) is 18.9 Å². The maximum atomic E-state index is 12.0. The Labute approximate surface area is 117 Å². The lowest BCUT2D eigenvalue weighted by Crippen LogP contribution is -2.38.